The second-order valence-corrected chi connectivity index (χ2v) is 6.32. The Bertz CT molecular complexity index is 434. The zero-order valence-electron chi connectivity index (χ0n) is 12.2. The Balaban J connectivity index is 1.93. The predicted octanol–water partition coefficient (Wildman–Crippen LogP) is 4.35. The molecule has 0 aromatic heterocycles. The van der Waals surface area contributed by atoms with Gasteiger partial charge in [-0.1, -0.05) is 38.5 Å². The zero-order chi connectivity index (χ0) is 14.6. The van der Waals surface area contributed by atoms with E-state index in [9.17, 15) is 8.78 Å². The van der Waals surface area contributed by atoms with Crippen molar-refractivity contribution in [2.45, 2.75) is 58.7 Å². The highest BCUT2D eigenvalue weighted by Gasteiger charge is 2.27. The number of hydrogen-bond donors (Lipinski definition) is 1. The molecule has 4 heteroatoms. The topological polar surface area (TPSA) is 21.3 Å². The van der Waals surface area contributed by atoms with E-state index in [1.54, 1.807) is 12.1 Å². The third-order valence-electron chi connectivity index (χ3n) is 3.97. The fraction of sp³-hybridized carbons (Fsp3) is 0.625. The molecule has 2 nitrogen and oxygen atoms in total. The molecule has 0 bridgehead atoms. The molecule has 0 aliphatic heterocycles. The van der Waals surface area contributed by atoms with Gasteiger partial charge < -0.3 is 10.1 Å². The summed E-state index contributed by atoms with van der Waals surface area (Å²) in [6.07, 6.45) is 4.77. The molecule has 1 aromatic carbocycles. The van der Waals surface area contributed by atoms with Crippen LogP contribution in [0.15, 0.2) is 24.3 Å². The molecule has 1 aliphatic carbocycles. The van der Waals surface area contributed by atoms with Gasteiger partial charge in [0.05, 0.1) is 0 Å². The van der Waals surface area contributed by atoms with Crippen molar-refractivity contribution in [1.29, 1.82) is 0 Å². The minimum atomic E-state index is -2.77. The number of rotatable bonds is 5. The van der Waals surface area contributed by atoms with Crippen molar-refractivity contribution in [1.82, 2.24) is 5.32 Å². The lowest BCUT2D eigenvalue weighted by Gasteiger charge is -2.35. The van der Waals surface area contributed by atoms with E-state index in [1.165, 1.54) is 12.8 Å². The lowest BCUT2D eigenvalue weighted by Crippen LogP contribution is -2.36. The molecule has 0 heterocycles. The minimum absolute atomic E-state index is 0.269. The molecule has 0 radical (unpaired) electrons. The van der Waals surface area contributed by atoms with Crippen molar-refractivity contribution in [3.05, 3.63) is 29.8 Å². The van der Waals surface area contributed by atoms with Gasteiger partial charge in [-0.3, -0.25) is 0 Å². The number of para-hydroxylation sites is 1. The third kappa shape index (κ3) is 4.44. The summed E-state index contributed by atoms with van der Waals surface area (Å²) >= 11 is 0. The monoisotopic (exact) mass is 283 g/mol. The van der Waals surface area contributed by atoms with Gasteiger partial charge in [0.15, 0.2) is 0 Å². The molecule has 1 aliphatic rings. The molecule has 1 atom stereocenters. The summed E-state index contributed by atoms with van der Waals surface area (Å²) in [6, 6.07) is 7.44. The quantitative estimate of drug-likeness (QED) is 0.867. The van der Waals surface area contributed by atoms with E-state index in [-0.39, 0.29) is 5.75 Å². The van der Waals surface area contributed by atoms with Gasteiger partial charge in [0.25, 0.3) is 0 Å². The average molecular weight is 283 g/mol. The number of alkyl halides is 2. The van der Waals surface area contributed by atoms with Crippen molar-refractivity contribution in [3.63, 3.8) is 0 Å². The number of benzene rings is 1. The van der Waals surface area contributed by atoms with E-state index >= 15 is 0 Å². The van der Waals surface area contributed by atoms with Crippen LogP contribution in [0.3, 0.4) is 0 Å². The van der Waals surface area contributed by atoms with E-state index in [1.807, 2.05) is 12.1 Å². The highest BCUT2D eigenvalue weighted by atomic mass is 19.3. The first kappa shape index (κ1) is 15.2. The van der Waals surface area contributed by atoms with Gasteiger partial charge in [-0.2, -0.15) is 8.78 Å². The second-order valence-electron chi connectivity index (χ2n) is 6.32. The van der Waals surface area contributed by atoms with Gasteiger partial charge in [-0.05, 0) is 30.7 Å². The number of hydrogen-bond acceptors (Lipinski definition) is 2. The predicted molar refractivity (Wildman–Crippen MR) is 76.0 cm³/mol. The van der Waals surface area contributed by atoms with Crippen molar-refractivity contribution < 1.29 is 13.5 Å². The van der Waals surface area contributed by atoms with E-state index in [4.69, 9.17) is 0 Å². The molecule has 112 valence electrons. The van der Waals surface area contributed by atoms with Gasteiger partial charge in [0.2, 0.25) is 0 Å². The summed E-state index contributed by atoms with van der Waals surface area (Å²) in [5.74, 6) is 0.269. The maximum atomic E-state index is 12.4. The largest absolute Gasteiger partial charge is 0.434 e. The van der Waals surface area contributed by atoms with Gasteiger partial charge in [0, 0.05) is 18.2 Å². The summed E-state index contributed by atoms with van der Waals surface area (Å²) in [5.41, 5.74) is 1.16. The molecule has 1 fully saturated rings. The summed E-state index contributed by atoms with van der Waals surface area (Å²) in [5, 5.41) is 3.48. The molecule has 1 N–H and O–H groups in total. The summed E-state index contributed by atoms with van der Waals surface area (Å²) < 4.78 is 29.3. The van der Waals surface area contributed by atoms with Gasteiger partial charge in [0.1, 0.15) is 5.75 Å². The van der Waals surface area contributed by atoms with Crippen molar-refractivity contribution >= 4 is 0 Å². The van der Waals surface area contributed by atoms with Crippen LogP contribution in [0.5, 0.6) is 5.75 Å². The fourth-order valence-electron chi connectivity index (χ4n) is 2.99. The van der Waals surface area contributed by atoms with Crippen LogP contribution in [0.4, 0.5) is 8.78 Å². The normalized spacial score (nSPS) is 21.9. The molecule has 1 unspecified atom stereocenters. The standard InChI is InChI=1S/C16H23F2NO/c1-16(2)9-5-7-13(10-16)19-11-12-6-3-4-8-14(12)20-15(17)18/h3-4,6,8,13,15,19H,5,7,9-11H2,1-2H3. The Hall–Kier alpha value is -1.16. The number of halogens is 2. The second kappa shape index (κ2) is 6.53. The van der Waals surface area contributed by atoms with Crippen LogP contribution < -0.4 is 10.1 Å². The van der Waals surface area contributed by atoms with Gasteiger partial charge >= 0.3 is 6.61 Å². The summed E-state index contributed by atoms with van der Waals surface area (Å²) in [4.78, 5) is 0. The smallest absolute Gasteiger partial charge is 0.387 e. The molecule has 20 heavy (non-hydrogen) atoms. The van der Waals surface area contributed by atoms with Crippen LogP contribution in [0, 0.1) is 5.41 Å². The molecule has 0 saturated heterocycles. The van der Waals surface area contributed by atoms with E-state index in [0.717, 1.165) is 18.4 Å². The first-order valence-electron chi connectivity index (χ1n) is 7.22. The van der Waals surface area contributed by atoms with Crippen LogP contribution in [0.2, 0.25) is 0 Å². The van der Waals surface area contributed by atoms with Crippen LogP contribution >= 0.6 is 0 Å². The molecule has 0 amide bonds. The molecular formula is C16H23F2NO. The highest BCUT2D eigenvalue weighted by Crippen LogP contribution is 2.35. The molecule has 1 saturated carbocycles. The van der Waals surface area contributed by atoms with E-state index < -0.39 is 6.61 Å². The van der Waals surface area contributed by atoms with E-state index in [2.05, 4.69) is 23.9 Å². The first-order chi connectivity index (χ1) is 9.46. The molecular weight excluding hydrogens is 260 g/mol. The maximum absolute atomic E-state index is 12.4. The maximum Gasteiger partial charge on any atom is 0.387 e. The number of ether oxygens (including phenoxy) is 1. The van der Waals surface area contributed by atoms with E-state index in [0.29, 0.717) is 18.0 Å². The van der Waals surface area contributed by atoms with Crippen LogP contribution in [0.1, 0.15) is 45.1 Å². The summed E-state index contributed by atoms with van der Waals surface area (Å²) in [6.45, 7) is 2.37. The van der Waals surface area contributed by atoms with Gasteiger partial charge in [-0.25, -0.2) is 0 Å². The average Bonchev–Trinajstić information content (AvgIpc) is 2.36. The Morgan fingerprint density at radius 1 is 1.35 bits per heavy atom. The molecule has 0 spiro atoms. The van der Waals surface area contributed by atoms with Gasteiger partial charge in [-0.15, -0.1) is 0 Å². The highest BCUT2D eigenvalue weighted by molar-refractivity contribution is 5.33. The van der Waals surface area contributed by atoms with Crippen LogP contribution in [-0.4, -0.2) is 12.7 Å². The third-order valence-corrected chi connectivity index (χ3v) is 3.97. The lowest BCUT2D eigenvalue weighted by molar-refractivity contribution is -0.0505. The zero-order valence-corrected chi connectivity index (χ0v) is 12.2. The van der Waals surface area contributed by atoms with Crippen molar-refractivity contribution in [2.24, 2.45) is 5.41 Å². The van der Waals surface area contributed by atoms with Crippen LogP contribution in [-0.2, 0) is 6.54 Å². The Morgan fingerprint density at radius 2 is 2.10 bits per heavy atom. The van der Waals surface area contributed by atoms with Crippen molar-refractivity contribution in [2.75, 3.05) is 0 Å². The first-order valence-corrected chi connectivity index (χ1v) is 7.22. The van der Waals surface area contributed by atoms with Crippen molar-refractivity contribution in [3.8, 4) is 5.75 Å². The lowest BCUT2D eigenvalue weighted by atomic mass is 9.75. The Kier molecular flexibility index (Phi) is 4.97. The fourth-order valence-corrected chi connectivity index (χ4v) is 2.99. The Labute approximate surface area is 119 Å². The van der Waals surface area contributed by atoms with Crippen LogP contribution in [0.25, 0.3) is 0 Å². The molecule has 1 aromatic rings. The minimum Gasteiger partial charge on any atom is -0.434 e. The summed E-state index contributed by atoms with van der Waals surface area (Å²) in [7, 11) is 0. The Morgan fingerprint density at radius 3 is 2.80 bits per heavy atom. The molecule has 2 rings (SSSR count). The SMILES string of the molecule is CC1(C)CCCC(NCc2ccccc2OC(F)F)C1. The number of nitrogens with one attached hydrogen (secondary N) is 1.